The van der Waals surface area contributed by atoms with Crippen LogP contribution >= 0.6 is 0 Å². The summed E-state index contributed by atoms with van der Waals surface area (Å²) in [5.74, 6) is 1.09. The average Bonchev–Trinajstić information content (AvgIpc) is 3.36. The number of hydrogen-bond donors (Lipinski definition) is 1. The summed E-state index contributed by atoms with van der Waals surface area (Å²) in [4.78, 5) is 35.1. The zero-order chi connectivity index (χ0) is 19.2. The minimum atomic E-state index is -0.423. The van der Waals surface area contributed by atoms with Gasteiger partial charge < -0.3 is 19.2 Å². The van der Waals surface area contributed by atoms with Crippen LogP contribution in [0, 0.1) is 18.8 Å². The van der Waals surface area contributed by atoms with Gasteiger partial charge in [0.25, 0.3) is 5.91 Å². The molecule has 0 spiro atoms. The maximum atomic E-state index is 12.5. The van der Waals surface area contributed by atoms with Crippen LogP contribution < -0.4 is 5.32 Å². The van der Waals surface area contributed by atoms with Crippen LogP contribution in [-0.4, -0.2) is 51.0 Å². The van der Waals surface area contributed by atoms with Gasteiger partial charge in [0.05, 0.1) is 5.41 Å². The third-order valence-electron chi connectivity index (χ3n) is 5.63. The molecule has 27 heavy (non-hydrogen) atoms. The molecule has 0 unspecified atom stereocenters. The SMILES string of the molecule is Cc1noc([C@]23C[C@H](NC(=O)c4cocn4)C[C@H]2CN(C(=O)C(C)C)C3)n1. The predicted octanol–water partition coefficient (Wildman–Crippen LogP) is 1.31. The molecule has 9 nitrogen and oxygen atoms in total. The highest BCUT2D eigenvalue weighted by molar-refractivity contribution is 5.92. The van der Waals surface area contributed by atoms with Crippen molar-refractivity contribution in [2.75, 3.05) is 13.1 Å². The lowest BCUT2D eigenvalue weighted by Gasteiger charge is -2.26. The van der Waals surface area contributed by atoms with Gasteiger partial charge in [0.2, 0.25) is 11.8 Å². The van der Waals surface area contributed by atoms with Crippen LogP contribution in [0.25, 0.3) is 0 Å². The Morgan fingerprint density at radius 3 is 2.85 bits per heavy atom. The fourth-order valence-corrected chi connectivity index (χ4v) is 4.43. The van der Waals surface area contributed by atoms with Crippen molar-refractivity contribution in [2.45, 2.75) is 45.1 Å². The summed E-state index contributed by atoms with van der Waals surface area (Å²) in [6, 6.07) is -0.0530. The number of nitrogens with zero attached hydrogens (tertiary/aromatic N) is 4. The summed E-state index contributed by atoms with van der Waals surface area (Å²) < 4.78 is 10.4. The molecule has 3 heterocycles. The van der Waals surface area contributed by atoms with E-state index in [1.807, 2.05) is 18.7 Å². The molecule has 1 saturated carbocycles. The van der Waals surface area contributed by atoms with Gasteiger partial charge in [0, 0.05) is 25.0 Å². The van der Waals surface area contributed by atoms with E-state index in [1.54, 1.807) is 6.92 Å². The number of aromatic nitrogens is 3. The second kappa shape index (κ2) is 6.47. The molecule has 1 N–H and O–H groups in total. The van der Waals surface area contributed by atoms with Gasteiger partial charge in [0.1, 0.15) is 6.26 Å². The molecular formula is C18H23N5O4. The predicted molar refractivity (Wildman–Crippen MR) is 92.6 cm³/mol. The number of fused-ring (bicyclic) bond motifs is 1. The van der Waals surface area contributed by atoms with Crippen LogP contribution in [0.3, 0.4) is 0 Å². The second-order valence-electron chi connectivity index (χ2n) is 7.86. The molecule has 2 aromatic rings. The minimum absolute atomic E-state index is 0.0530. The third kappa shape index (κ3) is 3.00. The number of amides is 2. The Labute approximate surface area is 156 Å². The summed E-state index contributed by atoms with van der Waals surface area (Å²) in [5.41, 5.74) is -0.167. The van der Waals surface area contributed by atoms with E-state index in [0.717, 1.165) is 6.42 Å². The molecule has 3 atom stereocenters. The van der Waals surface area contributed by atoms with Crippen LogP contribution in [0.2, 0.25) is 0 Å². The fourth-order valence-electron chi connectivity index (χ4n) is 4.43. The van der Waals surface area contributed by atoms with Gasteiger partial charge in [-0.25, -0.2) is 4.98 Å². The Balaban J connectivity index is 1.57. The van der Waals surface area contributed by atoms with E-state index in [9.17, 15) is 9.59 Å². The van der Waals surface area contributed by atoms with Crippen molar-refractivity contribution in [1.82, 2.24) is 25.3 Å². The number of carbonyl (C=O) groups excluding carboxylic acids is 2. The molecule has 0 bridgehead atoms. The Bertz CT molecular complexity index is 846. The Morgan fingerprint density at radius 1 is 1.41 bits per heavy atom. The van der Waals surface area contributed by atoms with Gasteiger partial charge in [-0.05, 0) is 25.7 Å². The lowest BCUT2D eigenvalue weighted by atomic mass is 9.80. The molecule has 144 valence electrons. The molecule has 2 aromatic heterocycles. The summed E-state index contributed by atoms with van der Waals surface area (Å²) in [6.45, 7) is 6.76. The van der Waals surface area contributed by atoms with Gasteiger partial charge in [-0.3, -0.25) is 9.59 Å². The molecule has 2 amide bonds. The molecule has 0 radical (unpaired) electrons. The standard InChI is InChI=1S/C18H23N5O4/c1-10(2)16(25)23-6-12-4-13(21-15(24)14-7-26-9-19-14)5-18(12,8-23)17-20-11(3)22-27-17/h7,9-10,12-13H,4-6,8H2,1-3H3,(H,21,24)/t12-,13+,18-/m0/s1. The number of hydrogen-bond acceptors (Lipinski definition) is 7. The van der Waals surface area contributed by atoms with Crippen LogP contribution in [0.4, 0.5) is 0 Å². The molecule has 1 aliphatic carbocycles. The number of likely N-dealkylation sites (tertiary alicyclic amines) is 1. The van der Waals surface area contributed by atoms with Crippen molar-refractivity contribution in [3.8, 4) is 0 Å². The number of oxazole rings is 1. The second-order valence-corrected chi connectivity index (χ2v) is 7.86. The first-order chi connectivity index (χ1) is 12.9. The van der Waals surface area contributed by atoms with E-state index in [1.165, 1.54) is 12.7 Å². The number of rotatable bonds is 4. The number of nitrogens with one attached hydrogen (secondary N) is 1. The lowest BCUT2D eigenvalue weighted by Crippen LogP contribution is -2.40. The van der Waals surface area contributed by atoms with Gasteiger partial charge in [-0.1, -0.05) is 19.0 Å². The molecule has 1 aliphatic heterocycles. The highest BCUT2D eigenvalue weighted by Gasteiger charge is 2.58. The fraction of sp³-hybridized carbons (Fsp3) is 0.611. The molecule has 2 aliphatic rings. The van der Waals surface area contributed by atoms with Crippen LogP contribution in [-0.2, 0) is 10.2 Å². The average molecular weight is 373 g/mol. The van der Waals surface area contributed by atoms with Gasteiger partial charge in [-0.15, -0.1) is 0 Å². The van der Waals surface area contributed by atoms with Crippen molar-refractivity contribution < 1.29 is 18.5 Å². The smallest absolute Gasteiger partial charge is 0.273 e. The molecule has 1 saturated heterocycles. The van der Waals surface area contributed by atoms with E-state index in [2.05, 4.69) is 20.4 Å². The highest BCUT2D eigenvalue weighted by atomic mass is 16.5. The molecule has 2 fully saturated rings. The molecule has 0 aromatic carbocycles. The summed E-state index contributed by atoms with van der Waals surface area (Å²) in [5, 5.41) is 6.97. The lowest BCUT2D eigenvalue weighted by molar-refractivity contribution is -0.133. The molecule has 4 rings (SSSR count). The van der Waals surface area contributed by atoms with Gasteiger partial charge in [-0.2, -0.15) is 4.98 Å². The van der Waals surface area contributed by atoms with Crippen LogP contribution in [0.1, 0.15) is 48.9 Å². The topological polar surface area (TPSA) is 114 Å². The normalized spacial score (nSPS) is 27.2. The minimum Gasteiger partial charge on any atom is -0.451 e. The van der Waals surface area contributed by atoms with E-state index in [-0.39, 0.29) is 35.4 Å². The summed E-state index contributed by atoms with van der Waals surface area (Å²) in [7, 11) is 0. The van der Waals surface area contributed by atoms with Gasteiger partial charge in [0.15, 0.2) is 17.9 Å². The van der Waals surface area contributed by atoms with Gasteiger partial charge >= 0.3 is 0 Å². The van der Waals surface area contributed by atoms with E-state index in [4.69, 9.17) is 8.94 Å². The monoisotopic (exact) mass is 373 g/mol. The van der Waals surface area contributed by atoms with Crippen molar-refractivity contribution in [3.63, 3.8) is 0 Å². The maximum absolute atomic E-state index is 12.5. The third-order valence-corrected chi connectivity index (χ3v) is 5.63. The van der Waals surface area contributed by atoms with E-state index in [0.29, 0.717) is 31.2 Å². The van der Waals surface area contributed by atoms with Crippen molar-refractivity contribution >= 4 is 11.8 Å². The first kappa shape index (κ1) is 17.7. The zero-order valence-electron chi connectivity index (χ0n) is 15.6. The van der Waals surface area contributed by atoms with Crippen molar-refractivity contribution in [2.24, 2.45) is 11.8 Å². The summed E-state index contributed by atoms with van der Waals surface area (Å²) >= 11 is 0. The Hall–Kier alpha value is -2.71. The first-order valence-electron chi connectivity index (χ1n) is 9.17. The van der Waals surface area contributed by atoms with Crippen molar-refractivity contribution in [3.05, 3.63) is 30.1 Å². The van der Waals surface area contributed by atoms with Crippen molar-refractivity contribution in [1.29, 1.82) is 0 Å². The molecule has 9 heteroatoms. The van der Waals surface area contributed by atoms with Crippen LogP contribution in [0.5, 0.6) is 0 Å². The summed E-state index contributed by atoms with van der Waals surface area (Å²) in [6.07, 6.45) is 3.94. The first-order valence-corrected chi connectivity index (χ1v) is 9.17. The largest absolute Gasteiger partial charge is 0.451 e. The Morgan fingerprint density at radius 2 is 2.22 bits per heavy atom. The Kier molecular flexibility index (Phi) is 4.24. The molecular weight excluding hydrogens is 350 g/mol. The zero-order valence-corrected chi connectivity index (χ0v) is 15.6. The number of carbonyl (C=O) groups is 2. The quantitative estimate of drug-likeness (QED) is 0.859. The van der Waals surface area contributed by atoms with Crippen LogP contribution in [0.15, 0.2) is 21.6 Å². The van der Waals surface area contributed by atoms with E-state index < -0.39 is 5.41 Å². The maximum Gasteiger partial charge on any atom is 0.273 e. The van der Waals surface area contributed by atoms with E-state index >= 15 is 0 Å². The highest BCUT2D eigenvalue weighted by Crippen LogP contribution is 2.50. The number of aryl methyl sites for hydroxylation is 1.